The SMILES string of the molecule is Cn1cc([C@@H](O)CNC(=O)CCc2ccccc2F)c2ccccc21. The van der Waals surface area contributed by atoms with Gasteiger partial charge in [-0.25, -0.2) is 4.39 Å². The van der Waals surface area contributed by atoms with Gasteiger partial charge in [-0.15, -0.1) is 0 Å². The molecule has 0 radical (unpaired) electrons. The number of carbonyl (C=O) groups excluding carboxylic acids is 1. The second kappa shape index (κ2) is 7.49. The van der Waals surface area contributed by atoms with Crippen LogP contribution in [0.4, 0.5) is 4.39 Å². The molecule has 0 spiro atoms. The Hall–Kier alpha value is -2.66. The maximum atomic E-state index is 13.6. The second-order valence-electron chi connectivity index (χ2n) is 6.12. The first kappa shape index (κ1) is 17.2. The molecule has 0 aliphatic carbocycles. The molecule has 0 unspecified atom stereocenters. The lowest BCUT2D eigenvalue weighted by atomic mass is 10.1. The number of hydrogen-bond acceptors (Lipinski definition) is 2. The molecule has 1 amide bonds. The number of fused-ring (bicyclic) bond motifs is 1. The molecule has 0 fully saturated rings. The standard InChI is InChI=1S/C20H21FN2O2/c1-23-13-16(15-7-3-5-9-18(15)23)19(24)12-22-20(25)11-10-14-6-2-4-8-17(14)21/h2-9,13,19,24H,10-12H2,1H3,(H,22,25)/t19-/m0/s1. The molecule has 0 bridgehead atoms. The Balaban J connectivity index is 1.57. The molecule has 25 heavy (non-hydrogen) atoms. The summed E-state index contributed by atoms with van der Waals surface area (Å²) in [6.07, 6.45) is 1.61. The summed E-state index contributed by atoms with van der Waals surface area (Å²) in [5.41, 5.74) is 2.34. The summed E-state index contributed by atoms with van der Waals surface area (Å²) in [4.78, 5) is 12.0. The maximum Gasteiger partial charge on any atom is 0.220 e. The number of benzene rings is 2. The molecule has 0 aliphatic heterocycles. The smallest absolute Gasteiger partial charge is 0.220 e. The van der Waals surface area contributed by atoms with Crippen molar-refractivity contribution in [1.29, 1.82) is 0 Å². The number of hydrogen-bond donors (Lipinski definition) is 2. The third-order valence-corrected chi connectivity index (χ3v) is 4.36. The molecule has 0 saturated heterocycles. The van der Waals surface area contributed by atoms with Crippen molar-refractivity contribution >= 4 is 16.8 Å². The summed E-state index contributed by atoms with van der Waals surface area (Å²) in [6.45, 7) is 0.129. The first-order chi connectivity index (χ1) is 12.1. The lowest BCUT2D eigenvalue weighted by Gasteiger charge is -2.11. The molecular formula is C20H21FN2O2. The molecular weight excluding hydrogens is 319 g/mol. The summed E-state index contributed by atoms with van der Waals surface area (Å²) in [5.74, 6) is -0.506. The van der Waals surface area contributed by atoms with Crippen molar-refractivity contribution in [1.82, 2.24) is 9.88 Å². The van der Waals surface area contributed by atoms with Gasteiger partial charge in [-0.3, -0.25) is 4.79 Å². The van der Waals surface area contributed by atoms with Crippen molar-refractivity contribution in [3.63, 3.8) is 0 Å². The van der Waals surface area contributed by atoms with Crippen LogP contribution in [0.25, 0.3) is 10.9 Å². The fourth-order valence-corrected chi connectivity index (χ4v) is 3.00. The van der Waals surface area contributed by atoms with E-state index in [1.54, 1.807) is 18.2 Å². The van der Waals surface area contributed by atoms with Crippen molar-refractivity contribution in [2.45, 2.75) is 18.9 Å². The van der Waals surface area contributed by atoms with Gasteiger partial charge in [0.15, 0.2) is 0 Å². The zero-order valence-corrected chi connectivity index (χ0v) is 14.1. The van der Waals surface area contributed by atoms with Crippen molar-refractivity contribution in [3.8, 4) is 0 Å². The van der Waals surface area contributed by atoms with Gasteiger partial charge in [0, 0.05) is 42.7 Å². The molecule has 1 heterocycles. The van der Waals surface area contributed by atoms with Gasteiger partial charge >= 0.3 is 0 Å². The highest BCUT2D eigenvalue weighted by molar-refractivity contribution is 5.84. The van der Waals surface area contributed by atoms with Crippen molar-refractivity contribution in [2.24, 2.45) is 7.05 Å². The highest BCUT2D eigenvalue weighted by Gasteiger charge is 2.15. The molecule has 3 aromatic rings. The minimum atomic E-state index is -0.788. The van der Waals surface area contributed by atoms with E-state index in [9.17, 15) is 14.3 Å². The lowest BCUT2D eigenvalue weighted by molar-refractivity contribution is -0.121. The zero-order valence-electron chi connectivity index (χ0n) is 14.1. The van der Waals surface area contributed by atoms with Crippen LogP contribution in [0.3, 0.4) is 0 Å². The third-order valence-electron chi connectivity index (χ3n) is 4.36. The second-order valence-corrected chi connectivity index (χ2v) is 6.12. The van der Waals surface area contributed by atoms with Gasteiger partial charge in [-0.2, -0.15) is 0 Å². The number of aliphatic hydroxyl groups excluding tert-OH is 1. The molecule has 2 N–H and O–H groups in total. The molecule has 0 aliphatic rings. The Morgan fingerprint density at radius 2 is 1.92 bits per heavy atom. The molecule has 130 valence electrons. The Bertz CT molecular complexity index is 888. The van der Waals surface area contributed by atoms with E-state index < -0.39 is 6.10 Å². The van der Waals surface area contributed by atoms with E-state index in [0.29, 0.717) is 12.0 Å². The van der Waals surface area contributed by atoms with Gasteiger partial charge in [0.1, 0.15) is 5.82 Å². The van der Waals surface area contributed by atoms with Crippen LogP contribution in [-0.2, 0) is 18.3 Å². The number of rotatable bonds is 6. The van der Waals surface area contributed by atoms with Crippen molar-refractivity contribution < 1.29 is 14.3 Å². The van der Waals surface area contributed by atoms with Gasteiger partial charge in [0.2, 0.25) is 5.91 Å². The number of nitrogens with one attached hydrogen (secondary N) is 1. The van der Waals surface area contributed by atoms with Gasteiger partial charge in [0.25, 0.3) is 0 Å². The monoisotopic (exact) mass is 340 g/mol. The lowest BCUT2D eigenvalue weighted by Crippen LogP contribution is -2.28. The predicted octanol–water partition coefficient (Wildman–Crippen LogP) is 3.10. The normalized spacial score (nSPS) is 12.3. The molecule has 2 aromatic carbocycles. The zero-order chi connectivity index (χ0) is 17.8. The van der Waals surface area contributed by atoms with Gasteiger partial charge in [-0.05, 0) is 24.1 Å². The number of amides is 1. The predicted molar refractivity (Wildman–Crippen MR) is 95.6 cm³/mol. The minimum absolute atomic E-state index is 0.129. The number of aryl methyl sites for hydroxylation is 2. The van der Waals surface area contributed by atoms with E-state index in [-0.39, 0.29) is 24.7 Å². The van der Waals surface area contributed by atoms with E-state index in [1.165, 1.54) is 6.07 Å². The number of aliphatic hydroxyl groups is 1. The van der Waals surface area contributed by atoms with Gasteiger partial charge < -0.3 is 15.0 Å². The van der Waals surface area contributed by atoms with Gasteiger partial charge in [-0.1, -0.05) is 36.4 Å². The fraction of sp³-hybridized carbons (Fsp3) is 0.250. The van der Waals surface area contributed by atoms with Crippen LogP contribution >= 0.6 is 0 Å². The molecule has 0 saturated carbocycles. The van der Waals surface area contributed by atoms with Crippen molar-refractivity contribution in [2.75, 3.05) is 6.54 Å². The van der Waals surface area contributed by atoms with Crippen molar-refractivity contribution in [3.05, 3.63) is 71.7 Å². The number of para-hydroxylation sites is 1. The Kier molecular flexibility index (Phi) is 5.14. The van der Waals surface area contributed by atoms with Crippen LogP contribution in [0.5, 0.6) is 0 Å². The van der Waals surface area contributed by atoms with Crippen LogP contribution < -0.4 is 5.32 Å². The topological polar surface area (TPSA) is 54.3 Å². The summed E-state index contributed by atoms with van der Waals surface area (Å²) >= 11 is 0. The van der Waals surface area contributed by atoms with E-state index in [2.05, 4.69) is 5.32 Å². The molecule has 4 nitrogen and oxygen atoms in total. The molecule has 1 aromatic heterocycles. The molecule has 3 rings (SSSR count). The third kappa shape index (κ3) is 3.88. The quantitative estimate of drug-likeness (QED) is 0.724. The summed E-state index contributed by atoms with van der Waals surface area (Å²) < 4.78 is 15.5. The number of halogens is 1. The molecule has 5 heteroatoms. The number of carbonyl (C=O) groups is 1. The average molecular weight is 340 g/mol. The highest BCUT2D eigenvalue weighted by atomic mass is 19.1. The largest absolute Gasteiger partial charge is 0.386 e. The summed E-state index contributed by atoms with van der Waals surface area (Å²) in [6, 6.07) is 14.2. The first-order valence-electron chi connectivity index (χ1n) is 8.28. The van der Waals surface area contributed by atoms with E-state index in [4.69, 9.17) is 0 Å². The fourth-order valence-electron chi connectivity index (χ4n) is 3.00. The van der Waals surface area contributed by atoms with Crippen LogP contribution in [0.15, 0.2) is 54.7 Å². The van der Waals surface area contributed by atoms with Gasteiger partial charge in [0.05, 0.1) is 6.10 Å². The van der Waals surface area contributed by atoms with Crippen LogP contribution in [0.1, 0.15) is 23.7 Å². The number of aromatic nitrogens is 1. The summed E-state index contributed by atoms with van der Waals surface area (Å²) in [5, 5.41) is 14.1. The maximum absolute atomic E-state index is 13.6. The minimum Gasteiger partial charge on any atom is -0.386 e. The Labute approximate surface area is 145 Å². The Morgan fingerprint density at radius 3 is 2.72 bits per heavy atom. The first-order valence-corrected chi connectivity index (χ1v) is 8.28. The van der Waals surface area contributed by atoms with Crippen LogP contribution in [-0.4, -0.2) is 22.1 Å². The molecule has 1 atom stereocenters. The van der Waals surface area contributed by atoms with E-state index >= 15 is 0 Å². The highest BCUT2D eigenvalue weighted by Crippen LogP contribution is 2.25. The number of nitrogens with zero attached hydrogens (tertiary/aromatic N) is 1. The van der Waals surface area contributed by atoms with Crippen LogP contribution in [0, 0.1) is 5.82 Å². The average Bonchev–Trinajstić information content (AvgIpc) is 2.96. The van der Waals surface area contributed by atoms with Crippen LogP contribution in [0.2, 0.25) is 0 Å². The Morgan fingerprint density at radius 1 is 1.20 bits per heavy atom. The van der Waals surface area contributed by atoms with E-state index in [0.717, 1.165) is 16.5 Å². The van der Waals surface area contributed by atoms with E-state index in [1.807, 2.05) is 42.1 Å². The summed E-state index contributed by atoms with van der Waals surface area (Å²) in [7, 11) is 1.92.